The maximum Gasteiger partial charge on any atom is 0.412 e. The van der Waals surface area contributed by atoms with Crippen molar-refractivity contribution in [2.24, 2.45) is 0 Å². The van der Waals surface area contributed by atoms with Gasteiger partial charge in [0.1, 0.15) is 22.9 Å². The lowest BCUT2D eigenvalue weighted by molar-refractivity contribution is -0.134. The zero-order valence-corrected chi connectivity index (χ0v) is 13.7. The van der Waals surface area contributed by atoms with Crippen molar-refractivity contribution in [2.75, 3.05) is 17.2 Å². The molecule has 0 fully saturated rings. The molecular weight excluding hydrogens is 335 g/mol. The summed E-state index contributed by atoms with van der Waals surface area (Å²) >= 11 is 11.9. The molecule has 1 amide bonds. The van der Waals surface area contributed by atoms with E-state index in [0.717, 1.165) is 0 Å². The predicted octanol–water partition coefficient (Wildman–Crippen LogP) is 3.54. The van der Waals surface area contributed by atoms with Crippen LogP contribution in [0.2, 0.25) is 10.0 Å². The number of carboxylic acids is 1. The number of anilines is 2. The first-order chi connectivity index (χ1) is 10.0. The molecule has 0 aliphatic heterocycles. The molecule has 0 unspecified atom stereocenters. The van der Waals surface area contributed by atoms with E-state index in [2.05, 4.69) is 10.6 Å². The summed E-state index contributed by atoms with van der Waals surface area (Å²) in [6.07, 6.45) is -0.813. The van der Waals surface area contributed by atoms with Gasteiger partial charge in [-0.3, -0.25) is 10.1 Å². The second-order valence-corrected chi connectivity index (χ2v) is 6.10. The van der Waals surface area contributed by atoms with Gasteiger partial charge in [0, 0.05) is 0 Å². The van der Waals surface area contributed by atoms with Gasteiger partial charge in [-0.15, -0.1) is 0 Å². The van der Waals surface area contributed by atoms with Crippen molar-refractivity contribution < 1.29 is 24.5 Å². The molecule has 22 heavy (non-hydrogen) atoms. The Bertz CT molecular complexity index is 599. The Morgan fingerprint density at radius 1 is 1.32 bits per heavy atom. The van der Waals surface area contributed by atoms with Crippen LogP contribution in [0, 0.1) is 0 Å². The van der Waals surface area contributed by atoms with E-state index in [0.29, 0.717) is 0 Å². The number of phenolic OH excluding ortho intramolecular Hbond substituents is 1. The van der Waals surface area contributed by atoms with Crippen LogP contribution in [-0.2, 0) is 9.53 Å². The van der Waals surface area contributed by atoms with Crippen molar-refractivity contribution in [1.29, 1.82) is 0 Å². The maximum absolute atomic E-state index is 11.7. The summed E-state index contributed by atoms with van der Waals surface area (Å²) in [6, 6.07) is 1.29. The first kappa shape index (κ1) is 18.2. The normalized spacial score (nSPS) is 11.0. The van der Waals surface area contributed by atoms with Crippen LogP contribution in [0.4, 0.5) is 16.2 Å². The monoisotopic (exact) mass is 350 g/mol. The number of hydrogen-bond acceptors (Lipinski definition) is 5. The fourth-order valence-corrected chi connectivity index (χ4v) is 1.90. The lowest BCUT2D eigenvalue weighted by atomic mass is 10.2. The molecule has 0 saturated carbocycles. The highest BCUT2D eigenvalue weighted by Gasteiger charge is 2.21. The van der Waals surface area contributed by atoms with E-state index in [-0.39, 0.29) is 21.4 Å². The first-order valence-corrected chi connectivity index (χ1v) is 6.93. The molecule has 0 atom stereocenters. The van der Waals surface area contributed by atoms with Crippen molar-refractivity contribution in [3.8, 4) is 5.75 Å². The fourth-order valence-electron chi connectivity index (χ4n) is 1.44. The number of rotatable bonds is 4. The Morgan fingerprint density at radius 3 is 2.41 bits per heavy atom. The number of amides is 1. The Kier molecular flexibility index (Phi) is 5.73. The number of carbonyl (C=O) groups is 2. The highest BCUT2D eigenvalue weighted by Crippen LogP contribution is 2.43. The molecule has 7 nitrogen and oxygen atoms in total. The lowest BCUT2D eigenvalue weighted by Gasteiger charge is -2.21. The summed E-state index contributed by atoms with van der Waals surface area (Å²) in [4.78, 5) is 22.2. The van der Waals surface area contributed by atoms with Crippen LogP contribution in [0.25, 0.3) is 0 Å². The van der Waals surface area contributed by atoms with Crippen LogP contribution < -0.4 is 10.6 Å². The van der Waals surface area contributed by atoms with Gasteiger partial charge in [-0.25, -0.2) is 4.79 Å². The van der Waals surface area contributed by atoms with Gasteiger partial charge in [0.25, 0.3) is 0 Å². The minimum atomic E-state index is -1.11. The molecule has 0 aliphatic carbocycles. The summed E-state index contributed by atoms with van der Waals surface area (Å²) in [7, 11) is 0. The molecule has 0 heterocycles. The van der Waals surface area contributed by atoms with E-state index in [1.54, 1.807) is 20.8 Å². The fraction of sp³-hybridized carbons (Fsp3) is 0.385. The maximum atomic E-state index is 11.7. The molecule has 0 aromatic heterocycles. The number of benzene rings is 1. The third-order valence-corrected chi connectivity index (χ3v) is 2.93. The third kappa shape index (κ3) is 5.16. The van der Waals surface area contributed by atoms with E-state index >= 15 is 0 Å². The number of nitrogens with one attached hydrogen (secondary N) is 2. The van der Waals surface area contributed by atoms with Gasteiger partial charge in [0.15, 0.2) is 5.75 Å². The van der Waals surface area contributed by atoms with Crippen LogP contribution >= 0.6 is 23.2 Å². The number of aromatic hydroxyl groups is 1. The molecule has 4 N–H and O–H groups in total. The number of halogens is 2. The molecule has 0 radical (unpaired) electrons. The molecule has 1 aromatic rings. The molecule has 0 aliphatic rings. The molecule has 122 valence electrons. The van der Waals surface area contributed by atoms with Gasteiger partial charge >= 0.3 is 12.1 Å². The largest absolute Gasteiger partial charge is 0.504 e. The van der Waals surface area contributed by atoms with Gasteiger partial charge in [-0.05, 0) is 26.8 Å². The van der Waals surface area contributed by atoms with Gasteiger partial charge in [0.05, 0.1) is 10.7 Å². The summed E-state index contributed by atoms with van der Waals surface area (Å²) in [5, 5.41) is 23.2. The van der Waals surface area contributed by atoms with Crippen molar-refractivity contribution in [3.05, 3.63) is 16.1 Å². The quantitative estimate of drug-likeness (QED) is 0.618. The zero-order valence-electron chi connectivity index (χ0n) is 12.2. The minimum absolute atomic E-state index is 0.0272. The summed E-state index contributed by atoms with van der Waals surface area (Å²) in [6.45, 7) is 4.63. The second-order valence-electron chi connectivity index (χ2n) is 5.32. The van der Waals surface area contributed by atoms with Gasteiger partial charge in [-0.1, -0.05) is 23.2 Å². The van der Waals surface area contributed by atoms with Crippen LogP contribution in [0.5, 0.6) is 5.75 Å². The number of carbonyl (C=O) groups excluding carboxylic acids is 1. The highest BCUT2D eigenvalue weighted by atomic mass is 35.5. The molecule has 1 rings (SSSR count). The average molecular weight is 351 g/mol. The topological polar surface area (TPSA) is 108 Å². The van der Waals surface area contributed by atoms with Gasteiger partial charge in [0.2, 0.25) is 0 Å². The Hall–Kier alpha value is -1.86. The molecule has 0 saturated heterocycles. The smallest absolute Gasteiger partial charge is 0.412 e. The standard InChI is InChI=1S/C13H16Cl2N2O5/c1-13(2,3)22-12(21)17-10-6(14)4-7(9(15)11(10)20)16-5-8(18)19/h4,16,20H,5H2,1-3H3,(H,17,21)(H,18,19). The zero-order chi connectivity index (χ0) is 17.1. The first-order valence-electron chi connectivity index (χ1n) is 6.18. The summed E-state index contributed by atoms with van der Waals surface area (Å²) in [5.41, 5.74) is -0.720. The third-order valence-electron chi connectivity index (χ3n) is 2.25. The minimum Gasteiger partial charge on any atom is -0.504 e. The van der Waals surface area contributed by atoms with E-state index in [1.807, 2.05) is 0 Å². The highest BCUT2D eigenvalue weighted by molar-refractivity contribution is 6.39. The summed E-state index contributed by atoms with van der Waals surface area (Å²) in [5.74, 6) is -1.60. The van der Waals surface area contributed by atoms with E-state index in [4.69, 9.17) is 33.0 Å². The molecular formula is C13H16Cl2N2O5. The van der Waals surface area contributed by atoms with E-state index < -0.39 is 30.0 Å². The number of phenols is 1. The molecule has 0 bridgehead atoms. The van der Waals surface area contributed by atoms with Crippen LogP contribution in [0.1, 0.15) is 20.8 Å². The molecule has 1 aromatic carbocycles. The Morgan fingerprint density at radius 2 is 1.91 bits per heavy atom. The van der Waals surface area contributed by atoms with Crippen molar-refractivity contribution in [2.45, 2.75) is 26.4 Å². The average Bonchev–Trinajstić information content (AvgIpc) is 2.35. The number of aliphatic carboxylic acids is 1. The van der Waals surface area contributed by atoms with Crippen molar-refractivity contribution >= 4 is 46.6 Å². The predicted molar refractivity (Wildman–Crippen MR) is 84.1 cm³/mol. The number of ether oxygens (including phenoxy) is 1. The van der Waals surface area contributed by atoms with E-state index in [1.165, 1.54) is 6.07 Å². The molecule has 9 heteroatoms. The van der Waals surface area contributed by atoms with Crippen LogP contribution in [0.15, 0.2) is 6.07 Å². The van der Waals surface area contributed by atoms with Crippen LogP contribution in [0.3, 0.4) is 0 Å². The Balaban J connectivity index is 3.00. The summed E-state index contributed by atoms with van der Waals surface area (Å²) < 4.78 is 5.04. The van der Waals surface area contributed by atoms with Crippen molar-refractivity contribution in [3.63, 3.8) is 0 Å². The SMILES string of the molecule is CC(C)(C)OC(=O)Nc1c(Cl)cc(NCC(=O)O)c(Cl)c1O. The number of carboxylic acid groups (broad SMARTS) is 1. The van der Waals surface area contributed by atoms with E-state index in [9.17, 15) is 14.7 Å². The van der Waals surface area contributed by atoms with Crippen molar-refractivity contribution in [1.82, 2.24) is 0 Å². The lowest BCUT2D eigenvalue weighted by Crippen LogP contribution is -2.27. The second kappa shape index (κ2) is 6.93. The number of hydrogen-bond donors (Lipinski definition) is 4. The van der Waals surface area contributed by atoms with Gasteiger partial charge in [-0.2, -0.15) is 0 Å². The van der Waals surface area contributed by atoms with Crippen LogP contribution in [-0.4, -0.2) is 34.4 Å². The Labute approximate surface area is 137 Å². The van der Waals surface area contributed by atoms with Gasteiger partial charge < -0.3 is 20.3 Å². The molecule has 0 spiro atoms.